The molecular formula is C15H11NO5S2-2. The Hall–Kier alpha value is -2.19. The lowest BCUT2D eigenvalue weighted by Crippen LogP contribution is -2.52. The van der Waals surface area contributed by atoms with Crippen LogP contribution >= 0.6 is 24.0 Å². The molecular weight excluding hydrogens is 338 g/mol. The molecule has 8 heteroatoms. The first kappa shape index (κ1) is 17.2. The van der Waals surface area contributed by atoms with Gasteiger partial charge in [0.15, 0.2) is 0 Å². The number of thioether (sulfide) groups is 1. The third-order valence-electron chi connectivity index (χ3n) is 3.14. The van der Waals surface area contributed by atoms with Crippen molar-refractivity contribution in [1.29, 1.82) is 0 Å². The van der Waals surface area contributed by atoms with E-state index in [-0.39, 0.29) is 9.23 Å². The van der Waals surface area contributed by atoms with Crippen LogP contribution in [0, 0.1) is 6.92 Å². The normalized spacial score (nSPS) is 17.6. The Morgan fingerprint density at radius 2 is 1.91 bits per heavy atom. The molecule has 1 aliphatic rings. The molecule has 120 valence electrons. The van der Waals surface area contributed by atoms with E-state index >= 15 is 0 Å². The Morgan fingerprint density at radius 1 is 1.30 bits per heavy atom. The van der Waals surface area contributed by atoms with Crippen molar-refractivity contribution in [2.24, 2.45) is 0 Å². The standard InChI is InChI=1S/C15H13NO5S2/c1-8-2-4-9(5-3-8)6-11-13(19)16(15(22)23-11)10(14(20)21)7-12(17)18/h2-6,10H,7H2,1H3,(H,17,18)(H,20,21)/p-2/b11-6+/t10-/m0/s1. The van der Waals surface area contributed by atoms with E-state index in [9.17, 15) is 24.6 Å². The number of carbonyl (C=O) groups excluding carboxylic acids is 3. The predicted molar refractivity (Wildman–Crippen MR) is 84.6 cm³/mol. The zero-order valence-corrected chi connectivity index (χ0v) is 13.6. The number of benzene rings is 1. The van der Waals surface area contributed by atoms with Gasteiger partial charge in [-0.2, -0.15) is 0 Å². The van der Waals surface area contributed by atoms with Crippen LogP contribution in [0.5, 0.6) is 0 Å². The van der Waals surface area contributed by atoms with Crippen LogP contribution < -0.4 is 10.2 Å². The number of nitrogens with zero attached hydrogens (tertiary/aromatic N) is 1. The van der Waals surface area contributed by atoms with Crippen molar-refractivity contribution in [2.45, 2.75) is 19.4 Å². The van der Waals surface area contributed by atoms with Crippen molar-refractivity contribution >= 4 is 52.2 Å². The highest BCUT2D eigenvalue weighted by Crippen LogP contribution is 2.34. The summed E-state index contributed by atoms with van der Waals surface area (Å²) in [7, 11) is 0. The lowest BCUT2D eigenvalue weighted by molar-refractivity contribution is -0.319. The van der Waals surface area contributed by atoms with Crippen LogP contribution in [0.25, 0.3) is 6.08 Å². The van der Waals surface area contributed by atoms with Gasteiger partial charge in [-0.3, -0.25) is 9.69 Å². The maximum absolute atomic E-state index is 12.4. The maximum Gasteiger partial charge on any atom is 0.266 e. The molecule has 0 bridgehead atoms. The number of carbonyl (C=O) groups is 3. The van der Waals surface area contributed by atoms with Gasteiger partial charge >= 0.3 is 0 Å². The molecule has 0 saturated carbocycles. The summed E-state index contributed by atoms with van der Waals surface area (Å²) in [6.45, 7) is 1.92. The summed E-state index contributed by atoms with van der Waals surface area (Å²) in [5.74, 6) is -3.95. The van der Waals surface area contributed by atoms with E-state index in [1.54, 1.807) is 18.2 Å². The number of aryl methyl sites for hydroxylation is 1. The van der Waals surface area contributed by atoms with E-state index in [4.69, 9.17) is 12.2 Å². The van der Waals surface area contributed by atoms with Crippen molar-refractivity contribution in [3.63, 3.8) is 0 Å². The topological polar surface area (TPSA) is 101 Å². The van der Waals surface area contributed by atoms with Gasteiger partial charge in [-0.05, 0) is 18.6 Å². The van der Waals surface area contributed by atoms with Crippen molar-refractivity contribution in [3.8, 4) is 0 Å². The van der Waals surface area contributed by atoms with E-state index in [0.717, 1.165) is 27.8 Å². The molecule has 1 heterocycles. The summed E-state index contributed by atoms with van der Waals surface area (Å²) in [4.78, 5) is 35.2. The van der Waals surface area contributed by atoms with Crippen LogP contribution in [0.2, 0.25) is 0 Å². The minimum absolute atomic E-state index is 0.0242. The van der Waals surface area contributed by atoms with E-state index in [0.29, 0.717) is 0 Å². The molecule has 1 saturated heterocycles. The average molecular weight is 349 g/mol. The summed E-state index contributed by atoms with van der Waals surface area (Å²) in [6.07, 6.45) is 0.691. The van der Waals surface area contributed by atoms with Crippen molar-refractivity contribution in [3.05, 3.63) is 40.3 Å². The number of carboxylic acid groups (broad SMARTS) is 2. The Labute approximate surface area is 141 Å². The third-order valence-corrected chi connectivity index (χ3v) is 4.47. The third kappa shape index (κ3) is 3.96. The number of amides is 1. The maximum atomic E-state index is 12.4. The molecule has 0 N–H and O–H groups in total. The van der Waals surface area contributed by atoms with Gasteiger partial charge in [0, 0.05) is 12.4 Å². The highest BCUT2D eigenvalue weighted by Gasteiger charge is 2.37. The van der Waals surface area contributed by atoms with Gasteiger partial charge in [0.05, 0.1) is 16.9 Å². The molecule has 1 aromatic rings. The SMILES string of the molecule is Cc1ccc(/C=C2/SC(=S)N([C@@H](CC(=O)[O-])C(=O)[O-])C2=O)cc1. The van der Waals surface area contributed by atoms with Gasteiger partial charge in [0.2, 0.25) is 0 Å². The number of rotatable bonds is 5. The number of carboxylic acids is 2. The molecule has 0 aromatic heterocycles. The zero-order valence-electron chi connectivity index (χ0n) is 12.0. The molecule has 1 aromatic carbocycles. The smallest absolute Gasteiger partial charge is 0.266 e. The first-order chi connectivity index (χ1) is 10.8. The van der Waals surface area contributed by atoms with Gasteiger partial charge in [0.1, 0.15) is 4.32 Å². The van der Waals surface area contributed by atoms with E-state index in [1.807, 2.05) is 19.1 Å². The number of aliphatic carboxylic acids is 2. The molecule has 1 amide bonds. The van der Waals surface area contributed by atoms with Crippen LogP contribution in [-0.4, -0.2) is 33.1 Å². The Kier molecular flexibility index (Phi) is 5.17. The van der Waals surface area contributed by atoms with E-state index in [1.165, 1.54) is 0 Å². The lowest BCUT2D eigenvalue weighted by Gasteiger charge is -2.27. The molecule has 0 radical (unpaired) electrons. The second-order valence-electron chi connectivity index (χ2n) is 4.87. The van der Waals surface area contributed by atoms with Crippen LogP contribution in [-0.2, 0) is 14.4 Å². The largest absolute Gasteiger partial charge is 0.550 e. The first-order valence-electron chi connectivity index (χ1n) is 6.54. The first-order valence-corrected chi connectivity index (χ1v) is 7.76. The Bertz CT molecular complexity index is 711. The van der Waals surface area contributed by atoms with Crippen LogP contribution in [0.3, 0.4) is 0 Å². The van der Waals surface area contributed by atoms with Crippen molar-refractivity contribution in [1.82, 2.24) is 4.90 Å². The van der Waals surface area contributed by atoms with Crippen LogP contribution in [0.4, 0.5) is 0 Å². The minimum Gasteiger partial charge on any atom is -0.550 e. The number of hydrogen-bond donors (Lipinski definition) is 0. The van der Waals surface area contributed by atoms with Gasteiger partial charge in [0.25, 0.3) is 5.91 Å². The highest BCUT2D eigenvalue weighted by molar-refractivity contribution is 8.26. The quantitative estimate of drug-likeness (QED) is 0.519. The van der Waals surface area contributed by atoms with Crippen molar-refractivity contribution in [2.75, 3.05) is 0 Å². The fourth-order valence-corrected chi connectivity index (χ4v) is 3.36. The second kappa shape index (κ2) is 6.93. The molecule has 1 aliphatic heterocycles. The molecule has 0 spiro atoms. The number of thiocarbonyl (C=S) groups is 1. The predicted octanol–water partition coefficient (Wildman–Crippen LogP) is -0.545. The summed E-state index contributed by atoms with van der Waals surface area (Å²) >= 11 is 5.92. The summed E-state index contributed by atoms with van der Waals surface area (Å²) in [5.41, 5.74) is 1.81. The zero-order chi connectivity index (χ0) is 17.1. The highest BCUT2D eigenvalue weighted by atomic mass is 32.2. The molecule has 1 atom stereocenters. The molecule has 1 fully saturated rings. The minimum atomic E-state index is -1.69. The lowest BCUT2D eigenvalue weighted by atomic mass is 10.1. The second-order valence-corrected chi connectivity index (χ2v) is 6.55. The molecule has 2 rings (SSSR count). The van der Waals surface area contributed by atoms with Gasteiger partial charge in [-0.15, -0.1) is 0 Å². The van der Waals surface area contributed by atoms with Crippen LogP contribution in [0.15, 0.2) is 29.2 Å². The van der Waals surface area contributed by atoms with Crippen LogP contribution in [0.1, 0.15) is 17.5 Å². The number of hydrogen-bond acceptors (Lipinski definition) is 7. The fourth-order valence-electron chi connectivity index (χ4n) is 2.00. The summed E-state index contributed by atoms with van der Waals surface area (Å²) in [6, 6.07) is 5.66. The van der Waals surface area contributed by atoms with Gasteiger partial charge < -0.3 is 19.8 Å². The Balaban J connectivity index is 2.30. The average Bonchev–Trinajstić information content (AvgIpc) is 2.73. The summed E-state index contributed by atoms with van der Waals surface area (Å²) < 4.78 is -0.0242. The molecule has 0 aliphatic carbocycles. The molecule has 6 nitrogen and oxygen atoms in total. The van der Waals surface area contributed by atoms with E-state index < -0.39 is 30.3 Å². The van der Waals surface area contributed by atoms with E-state index in [2.05, 4.69) is 0 Å². The fraction of sp³-hybridized carbons (Fsp3) is 0.200. The monoisotopic (exact) mass is 349 g/mol. The van der Waals surface area contributed by atoms with Crippen molar-refractivity contribution < 1.29 is 24.6 Å². The molecule has 0 unspecified atom stereocenters. The van der Waals surface area contributed by atoms with Gasteiger partial charge in [-0.1, -0.05) is 53.8 Å². The van der Waals surface area contributed by atoms with Gasteiger partial charge in [-0.25, -0.2) is 0 Å². The molecule has 23 heavy (non-hydrogen) atoms. The Morgan fingerprint density at radius 3 is 2.43 bits per heavy atom. The summed E-state index contributed by atoms with van der Waals surface area (Å²) in [5, 5.41) is 21.8.